The molecule has 1 amide bonds. The Balaban J connectivity index is 1.33. The highest BCUT2D eigenvalue weighted by Gasteiger charge is 2.34. The van der Waals surface area contributed by atoms with E-state index in [1.54, 1.807) is 25.1 Å². The number of piperazine rings is 1. The van der Waals surface area contributed by atoms with E-state index in [0.29, 0.717) is 24.8 Å². The standard InChI is InChI=1S/C16H22N6O4S2/c1-11-15(12(2)26-19-11)28(24,25)21-7-5-20(6-8-21)14(23)9-27-16-18-17-10-22(16)13-3-4-13/h10,13H,3-9H2,1-2H3. The smallest absolute Gasteiger partial charge is 0.248 e. The lowest BCUT2D eigenvalue weighted by molar-refractivity contribution is -0.129. The van der Waals surface area contributed by atoms with E-state index in [-0.39, 0.29) is 35.4 Å². The number of thioether (sulfide) groups is 1. The molecule has 12 heteroatoms. The first kappa shape index (κ1) is 19.4. The Bertz CT molecular complexity index is 954. The van der Waals surface area contributed by atoms with Crippen LogP contribution in [0.3, 0.4) is 0 Å². The van der Waals surface area contributed by atoms with Gasteiger partial charge in [-0.05, 0) is 26.7 Å². The summed E-state index contributed by atoms with van der Waals surface area (Å²) in [6, 6.07) is 0.464. The summed E-state index contributed by atoms with van der Waals surface area (Å²) < 4.78 is 34.1. The SMILES string of the molecule is Cc1noc(C)c1S(=O)(=O)N1CCN(C(=O)CSc2nncn2C2CC2)CC1. The van der Waals surface area contributed by atoms with Crippen LogP contribution in [0.25, 0.3) is 0 Å². The summed E-state index contributed by atoms with van der Waals surface area (Å²) >= 11 is 1.38. The van der Waals surface area contributed by atoms with Crippen LogP contribution in [-0.4, -0.2) is 75.4 Å². The summed E-state index contributed by atoms with van der Waals surface area (Å²) in [5.41, 5.74) is 0.354. The molecule has 2 fully saturated rings. The van der Waals surface area contributed by atoms with Crippen molar-refractivity contribution in [2.75, 3.05) is 31.9 Å². The van der Waals surface area contributed by atoms with Gasteiger partial charge in [-0.15, -0.1) is 10.2 Å². The zero-order valence-corrected chi connectivity index (χ0v) is 17.4. The van der Waals surface area contributed by atoms with Crippen molar-refractivity contribution in [2.24, 2.45) is 0 Å². The number of aryl methyl sites for hydroxylation is 2. The third-order valence-electron chi connectivity index (χ3n) is 4.96. The third kappa shape index (κ3) is 3.67. The minimum absolute atomic E-state index is 0.0234. The molecule has 1 aliphatic carbocycles. The Morgan fingerprint density at radius 3 is 2.57 bits per heavy atom. The zero-order valence-electron chi connectivity index (χ0n) is 15.7. The first-order valence-electron chi connectivity index (χ1n) is 9.11. The van der Waals surface area contributed by atoms with Gasteiger partial charge in [-0.2, -0.15) is 4.31 Å². The van der Waals surface area contributed by atoms with E-state index in [1.807, 2.05) is 4.57 Å². The molecule has 0 spiro atoms. The lowest BCUT2D eigenvalue weighted by Crippen LogP contribution is -2.51. The van der Waals surface area contributed by atoms with Gasteiger partial charge < -0.3 is 14.0 Å². The minimum atomic E-state index is -3.67. The number of sulfonamides is 1. The summed E-state index contributed by atoms with van der Waals surface area (Å²) in [5, 5.41) is 12.5. The van der Waals surface area contributed by atoms with Gasteiger partial charge in [0.1, 0.15) is 16.9 Å². The normalized spacial score (nSPS) is 18.6. The molecule has 2 aromatic heterocycles. The molecular formula is C16H22N6O4S2. The number of nitrogens with zero attached hydrogens (tertiary/aromatic N) is 6. The van der Waals surface area contributed by atoms with Crippen molar-refractivity contribution in [3.05, 3.63) is 17.8 Å². The molecule has 2 aliphatic rings. The van der Waals surface area contributed by atoms with Gasteiger partial charge >= 0.3 is 0 Å². The Morgan fingerprint density at radius 2 is 1.96 bits per heavy atom. The van der Waals surface area contributed by atoms with Gasteiger partial charge in [0.15, 0.2) is 10.9 Å². The molecule has 0 unspecified atom stereocenters. The highest BCUT2D eigenvalue weighted by atomic mass is 32.2. The van der Waals surface area contributed by atoms with Crippen molar-refractivity contribution in [1.29, 1.82) is 0 Å². The number of hydrogen-bond acceptors (Lipinski definition) is 8. The Hall–Kier alpha value is -1.92. The Kier molecular flexibility index (Phi) is 5.19. The highest BCUT2D eigenvalue weighted by molar-refractivity contribution is 7.99. The molecule has 1 saturated carbocycles. The van der Waals surface area contributed by atoms with Gasteiger partial charge in [0.25, 0.3) is 0 Å². The predicted molar refractivity (Wildman–Crippen MR) is 100 cm³/mol. The maximum Gasteiger partial charge on any atom is 0.248 e. The average Bonchev–Trinajstić information content (AvgIpc) is 3.31. The Morgan fingerprint density at radius 1 is 1.25 bits per heavy atom. The molecule has 0 aromatic carbocycles. The summed E-state index contributed by atoms with van der Waals surface area (Å²) in [7, 11) is -3.67. The van der Waals surface area contributed by atoms with Crippen LogP contribution in [0.2, 0.25) is 0 Å². The van der Waals surface area contributed by atoms with Crippen LogP contribution in [0.4, 0.5) is 0 Å². The number of carbonyl (C=O) groups excluding carboxylic acids is 1. The van der Waals surface area contributed by atoms with Crippen molar-refractivity contribution in [2.45, 2.75) is 42.8 Å². The van der Waals surface area contributed by atoms with Gasteiger partial charge in [-0.3, -0.25) is 4.79 Å². The van der Waals surface area contributed by atoms with E-state index in [4.69, 9.17) is 4.52 Å². The predicted octanol–water partition coefficient (Wildman–Crippen LogP) is 0.843. The lowest BCUT2D eigenvalue weighted by Gasteiger charge is -2.33. The largest absolute Gasteiger partial charge is 0.360 e. The lowest BCUT2D eigenvalue weighted by atomic mass is 10.3. The summed E-state index contributed by atoms with van der Waals surface area (Å²) in [6.45, 7) is 4.42. The van der Waals surface area contributed by atoms with Crippen LogP contribution >= 0.6 is 11.8 Å². The maximum absolute atomic E-state index is 12.9. The van der Waals surface area contributed by atoms with E-state index in [0.717, 1.165) is 18.0 Å². The topological polar surface area (TPSA) is 114 Å². The van der Waals surface area contributed by atoms with Crippen LogP contribution in [0.5, 0.6) is 0 Å². The van der Waals surface area contributed by atoms with Crippen molar-refractivity contribution >= 4 is 27.7 Å². The van der Waals surface area contributed by atoms with Crippen molar-refractivity contribution in [3.63, 3.8) is 0 Å². The maximum atomic E-state index is 12.9. The van der Waals surface area contributed by atoms with Gasteiger partial charge in [-0.1, -0.05) is 16.9 Å². The van der Waals surface area contributed by atoms with Crippen LogP contribution in [0.1, 0.15) is 30.3 Å². The third-order valence-corrected chi connectivity index (χ3v) is 8.05. The van der Waals surface area contributed by atoms with E-state index in [9.17, 15) is 13.2 Å². The Labute approximate surface area is 167 Å². The molecule has 2 aromatic rings. The summed E-state index contributed by atoms with van der Waals surface area (Å²) in [5.74, 6) is 0.527. The first-order chi connectivity index (χ1) is 13.4. The molecule has 0 atom stereocenters. The molecule has 28 heavy (non-hydrogen) atoms. The quantitative estimate of drug-likeness (QED) is 0.624. The molecule has 10 nitrogen and oxygen atoms in total. The monoisotopic (exact) mass is 426 g/mol. The molecular weight excluding hydrogens is 404 g/mol. The second-order valence-corrected chi connectivity index (χ2v) is 9.80. The van der Waals surface area contributed by atoms with Crippen molar-refractivity contribution in [3.8, 4) is 0 Å². The molecule has 0 radical (unpaired) electrons. The first-order valence-corrected chi connectivity index (χ1v) is 11.5. The second-order valence-electron chi connectivity index (χ2n) is 6.98. The van der Waals surface area contributed by atoms with E-state index < -0.39 is 10.0 Å². The van der Waals surface area contributed by atoms with Gasteiger partial charge in [0, 0.05) is 32.2 Å². The second kappa shape index (κ2) is 7.48. The zero-order chi connectivity index (χ0) is 19.9. The fourth-order valence-corrected chi connectivity index (χ4v) is 5.90. The number of rotatable bonds is 6. The highest BCUT2D eigenvalue weighted by Crippen LogP contribution is 2.37. The molecule has 1 saturated heterocycles. The van der Waals surface area contributed by atoms with E-state index >= 15 is 0 Å². The molecule has 4 rings (SSSR count). The summed E-state index contributed by atoms with van der Waals surface area (Å²) in [6.07, 6.45) is 3.96. The number of carbonyl (C=O) groups is 1. The van der Waals surface area contributed by atoms with Gasteiger partial charge in [-0.25, -0.2) is 8.42 Å². The molecule has 0 bridgehead atoms. The number of hydrogen-bond donors (Lipinski definition) is 0. The van der Waals surface area contributed by atoms with Gasteiger partial charge in [0.05, 0.1) is 5.75 Å². The summed E-state index contributed by atoms with van der Waals surface area (Å²) in [4.78, 5) is 14.4. The molecule has 0 N–H and O–H groups in total. The van der Waals surface area contributed by atoms with Gasteiger partial charge in [0.2, 0.25) is 15.9 Å². The fourth-order valence-electron chi connectivity index (χ4n) is 3.31. The van der Waals surface area contributed by atoms with E-state index in [1.165, 1.54) is 16.1 Å². The van der Waals surface area contributed by atoms with Crippen LogP contribution < -0.4 is 0 Å². The number of aromatic nitrogens is 4. The van der Waals surface area contributed by atoms with Crippen molar-refractivity contribution in [1.82, 2.24) is 29.1 Å². The molecule has 152 valence electrons. The van der Waals surface area contributed by atoms with E-state index in [2.05, 4.69) is 15.4 Å². The molecule has 3 heterocycles. The number of amides is 1. The van der Waals surface area contributed by atoms with Crippen LogP contribution in [-0.2, 0) is 14.8 Å². The fraction of sp³-hybridized carbons (Fsp3) is 0.625. The van der Waals surface area contributed by atoms with Crippen molar-refractivity contribution < 1.29 is 17.7 Å². The minimum Gasteiger partial charge on any atom is -0.360 e. The molecule has 1 aliphatic heterocycles. The average molecular weight is 427 g/mol. The van der Waals surface area contributed by atoms with Crippen LogP contribution in [0.15, 0.2) is 20.9 Å². The van der Waals surface area contributed by atoms with Crippen LogP contribution in [0, 0.1) is 13.8 Å².